The molecule has 0 amide bonds. The minimum Gasteiger partial charge on any atom is -0.493 e. The third kappa shape index (κ3) is 2.61. The SMILES string of the molecule is COc1cc2c(cc1OC)C(C)c1c-2nc(Cl)nc1N1CCCCC1. The lowest BCUT2D eigenvalue weighted by Crippen LogP contribution is -2.31. The van der Waals surface area contributed by atoms with Crippen molar-refractivity contribution in [2.75, 3.05) is 32.2 Å². The molecule has 25 heavy (non-hydrogen) atoms. The van der Waals surface area contributed by atoms with Gasteiger partial charge in [-0.2, -0.15) is 0 Å². The third-order valence-electron chi connectivity index (χ3n) is 5.26. The molecule has 132 valence electrons. The molecule has 1 aliphatic heterocycles. The van der Waals surface area contributed by atoms with E-state index in [1.807, 2.05) is 6.07 Å². The van der Waals surface area contributed by atoms with Crippen LogP contribution in [-0.4, -0.2) is 37.3 Å². The summed E-state index contributed by atoms with van der Waals surface area (Å²) in [5.74, 6) is 2.62. The number of anilines is 1. The molecular formula is C19H22ClN3O2. The van der Waals surface area contributed by atoms with Crippen molar-refractivity contribution in [2.24, 2.45) is 0 Å². The number of hydrogen-bond acceptors (Lipinski definition) is 5. The fourth-order valence-corrected chi connectivity index (χ4v) is 4.16. The van der Waals surface area contributed by atoms with Gasteiger partial charge in [0.2, 0.25) is 5.28 Å². The molecule has 1 saturated heterocycles. The van der Waals surface area contributed by atoms with Crippen LogP contribution < -0.4 is 14.4 Å². The van der Waals surface area contributed by atoms with Crippen molar-refractivity contribution in [1.29, 1.82) is 0 Å². The van der Waals surface area contributed by atoms with E-state index in [9.17, 15) is 0 Å². The van der Waals surface area contributed by atoms with E-state index in [1.54, 1.807) is 14.2 Å². The number of nitrogens with zero attached hydrogens (tertiary/aromatic N) is 3. The van der Waals surface area contributed by atoms with Crippen LogP contribution in [0.2, 0.25) is 5.28 Å². The molecule has 2 heterocycles. The number of piperidine rings is 1. The number of ether oxygens (including phenoxy) is 2. The van der Waals surface area contributed by atoms with Crippen LogP contribution in [0.15, 0.2) is 12.1 Å². The molecule has 1 aromatic heterocycles. The van der Waals surface area contributed by atoms with Gasteiger partial charge in [-0.1, -0.05) is 6.92 Å². The molecule has 0 bridgehead atoms. The fraction of sp³-hybridized carbons (Fsp3) is 0.474. The largest absolute Gasteiger partial charge is 0.493 e. The van der Waals surface area contributed by atoms with E-state index < -0.39 is 0 Å². The summed E-state index contributed by atoms with van der Waals surface area (Å²) in [6.45, 7) is 4.24. The van der Waals surface area contributed by atoms with E-state index in [-0.39, 0.29) is 5.92 Å². The summed E-state index contributed by atoms with van der Waals surface area (Å²) in [5, 5.41) is 0.300. The molecule has 0 spiro atoms. The number of hydrogen-bond donors (Lipinski definition) is 0. The minimum atomic E-state index is 0.194. The van der Waals surface area contributed by atoms with Gasteiger partial charge in [0, 0.05) is 30.1 Å². The van der Waals surface area contributed by atoms with Gasteiger partial charge in [-0.25, -0.2) is 9.97 Å². The maximum Gasteiger partial charge on any atom is 0.224 e. The van der Waals surface area contributed by atoms with Crippen LogP contribution in [0.3, 0.4) is 0 Å². The first-order valence-corrected chi connectivity index (χ1v) is 9.10. The Labute approximate surface area is 152 Å². The van der Waals surface area contributed by atoms with Gasteiger partial charge in [0.15, 0.2) is 11.5 Å². The first-order valence-electron chi connectivity index (χ1n) is 8.72. The van der Waals surface area contributed by atoms with Gasteiger partial charge < -0.3 is 14.4 Å². The number of methoxy groups -OCH3 is 2. The Hall–Kier alpha value is -2.01. The Morgan fingerprint density at radius 2 is 1.72 bits per heavy atom. The highest BCUT2D eigenvalue weighted by Gasteiger charge is 2.34. The van der Waals surface area contributed by atoms with Gasteiger partial charge in [-0.05, 0) is 48.6 Å². The molecule has 6 heteroatoms. The zero-order valence-corrected chi connectivity index (χ0v) is 15.6. The molecule has 2 aliphatic rings. The number of rotatable bonds is 3. The van der Waals surface area contributed by atoms with Crippen LogP contribution >= 0.6 is 11.6 Å². The fourth-order valence-electron chi connectivity index (χ4n) is 4.00. The van der Waals surface area contributed by atoms with Crippen molar-refractivity contribution < 1.29 is 9.47 Å². The maximum atomic E-state index is 6.29. The first-order chi connectivity index (χ1) is 12.1. The zero-order valence-electron chi connectivity index (χ0n) is 14.8. The summed E-state index contributed by atoms with van der Waals surface area (Å²) in [6, 6.07) is 4.05. The smallest absolute Gasteiger partial charge is 0.224 e. The molecule has 2 aromatic rings. The molecule has 0 N–H and O–H groups in total. The monoisotopic (exact) mass is 359 g/mol. The second kappa shape index (κ2) is 6.37. The Morgan fingerprint density at radius 3 is 2.40 bits per heavy atom. The summed E-state index contributed by atoms with van der Waals surface area (Å²) >= 11 is 6.29. The number of halogens is 1. The van der Waals surface area contributed by atoms with E-state index in [0.29, 0.717) is 11.0 Å². The van der Waals surface area contributed by atoms with Crippen LogP contribution in [-0.2, 0) is 0 Å². The summed E-state index contributed by atoms with van der Waals surface area (Å²) in [5.41, 5.74) is 4.32. The van der Waals surface area contributed by atoms with Crippen molar-refractivity contribution in [3.8, 4) is 22.8 Å². The predicted molar refractivity (Wildman–Crippen MR) is 99.2 cm³/mol. The van der Waals surface area contributed by atoms with Gasteiger partial charge in [0.05, 0.1) is 19.9 Å². The molecule has 0 radical (unpaired) electrons. The van der Waals surface area contributed by atoms with E-state index in [2.05, 4.69) is 27.9 Å². The number of aromatic nitrogens is 2. The lowest BCUT2D eigenvalue weighted by atomic mass is 9.98. The predicted octanol–water partition coefficient (Wildman–Crippen LogP) is 4.27. The quantitative estimate of drug-likeness (QED) is 0.766. The van der Waals surface area contributed by atoms with Crippen LogP contribution in [0.4, 0.5) is 5.82 Å². The van der Waals surface area contributed by atoms with Gasteiger partial charge >= 0.3 is 0 Å². The van der Waals surface area contributed by atoms with E-state index in [1.165, 1.54) is 24.8 Å². The molecular weight excluding hydrogens is 338 g/mol. The molecule has 1 aromatic carbocycles. The highest BCUT2D eigenvalue weighted by molar-refractivity contribution is 6.28. The van der Waals surface area contributed by atoms with Crippen molar-refractivity contribution in [2.45, 2.75) is 32.1 Å². The molecule has 1 unspecified atom stereocenters. The van der Waals surface area contributed by atoms with Gasteiger partial charge in [-0.15, -0.1) is 0 Å². The highest BCUT2D eigenvalue weighted by atomic mass is 35.5. The average molecular weight is 360 g/mol. The van der Waals surface area contributed by atoms with Crippen molar-refractivity contribution in [3.05, 3.63) is 28.5 Å². The second-order valence-corrected chi connectivity index (χ2v) is 6.98. The lowest BCUT2D eigenvalue weighted by molar-refractivity contribution is 0.354. The van der Waals surface area contributed by atoms with E-state index in [4.69, 9.17) is 21.1 Å². The summed E-state index contributed by atoms with van der Waals surface area (Å²) in [6.07, 6.45) is 3.67. The molecule has 0 saturated carbocycles. The molecule has 1 aliphatic carbocycles. The van der Waals surface area contributed by atoms with Crippen molar-refractivity contribution in [1.82, 2.24) is 9.97 Å². The second-order valence-electron chi connectivity index (χ2n) is 6.64. The molecule has 1 atom stereocenters. The normalized spacial score (nSPS) is 18.7. The van der Waals surface area contributed by atoms with Gasteiger partial charge in [0.25, 0.3) is 0 Å². The molecule has 5 nitrogen and oxygen atoms in total. The van der Waals surface area contributed by atoms with Crippen LogP contribution in [0, 0.1) is 0 Å². The first kappa shape index (κ1) is 16.5. The van der Waals surface area contributed by atoms with Crippen molar-refractivity contribution in [3.63, 3.8) is 0 Å². The van der Waals surface area contributed by atoms with Crippen LogP contribution in [0.25, 0.3) is 11.3 Å². The zero-order chi connectivity index (χ0) is 17.6. The van der Waals surface area contributed by atoms with Crippen LogP contribution in [0.1, 0.15) is 43.2 Å². The van der Waals surface area contributed by atoms with Crippen LogP contribution in [0.5, 0.6) is 11.5 Å². The third-order valence-corrected chi connectivity index (χ3v) is 5.43. The highest BCUT2D eigenvalue weighted by Crippen LogP contribution is 2.50. The molecule has 4 rings (SSSR count). The summed E-state index contributed by atoms with van der Waals surface area (Å²) in [7, 11) is 3.31. The van der Waals surface area contributed by atoms with Crippen molar-refractivity contribution >= 4 is 17.4 Å². The number of fused-ring (bicyclic) bond motifs is 3. The van der Waals surface area contributed by atoms with E-state index >= 15 is 0 Å². The lowest BCUT2D eigenvalue weighted by Gasteiger charge is -2.30. The average Bonchev–Trinajstić information content (AvgIpc) is 2.92. The Morgan fingerprint density at radius 1 is 1.04 bits per heavy atom. The topological polar surface area (TPSA) is 47.5 Å². The summed E-state index contributed by atoms with van der Waals surface area (Å²) in [4.78, 5) is 11.5. The van der Waals surface area contributed by atoms with E-state index in [0.717, 1.165) is 41.5 Å². The summed E-state index contributed by atoms with van der Waals surface area (Å²) < 4.78 is 11.0. The van der Waals surface area contributed by atoms with Gasteiger partial charge in [0.1, 0.15) is 5.82 Å². The maximum absolute atomic E-state index is 6.29. The Balaban J connectivity index is 1.89. The molecule has 1 fully saturated rings. The standard InChI is InChI=1S/C19H22ClN3O2/c1-11-12-9-14(24-2)15(25-3)10-13(12)17-16(11)18(22-19(20)21-17)23-7-5-4-6-8-23/h9-11H,4-8H2,1-3H3. The number of benzene rings is 1. The minimum absolute atomic E-state index is 0.194. The van der Waals surface area contributed by atoms with Gasteiger partial charge in [-0.3, -0.25) is 0 Å². The Kier molecular flexibility index (Phi) is 4.20. The Bertz CT molecular complexity index is 819.